The Morgan fingerprint density at radius 1 is 1.38 bits per heavy atom. The summed E-state index contributed by atoms with van der Waals surface area (Å²) in [6.07, 6.45) is 5.30. The first-order valence-corrected chi connectivity index (χ1v) is 6.70. The summed E-state index contributed by atoms with van der Waals surface area (Å²) in [4.78, 5) is 0. The highest BCUT2D eigenvalue weighted by Crippen LogP contribution is 2.25. The number of nitrogens with one attached hydrogen (secondary N) is 1. The largest absolute Gasteiger partial charge is 0.310 e. The average molecular weight is 201 g/mol. The fourth-order valence-corrected chi connectivity index (χ4v) is 3.53. The number of hydrogen-bond donors (Lipinski definition) is 1. The van der Waals surface area contributed by atoms with Crippen LogP contribution in [0.2, 0.25) is 0 Å². The lowest BCUT2D eigenvalue weighted by Gasteiger charge is -2.25. The molecule has 1 aliphatic rings. The maximum absolute atomic E-state index is 3.76. The van der Waals surface area contributed by atoms with Gasteiger partial charge < -0.3 is 5.32 Å². The molecule has 1 nitrogen and oxygen atoms in total. The number of thioether (sulfide) groups is 1. The zero-order valence-corrected chi connectivity index (χ0v) is 9.99. The van der Waals surface area contributed by atoms with E-state index in [4.69, 9.17) is 0 Å². The monoisotopic (exact) mass is 201 g/mol. The zero-order valence-electron chi connectivity index (χ0n) is 9.18. The molecule has 0 radical (unpaired) electrons. The summed E-state index contributed by atoms with van der Waals surface area (Å²) in [7, 11) is 0. The van der Waals surface area contributed by atoms with Gasteiger partial charge in [0, 0.05) is 17.3 Å². The van der Waals surface area contributed by atoms with E-state index in [0.29, 0.717) is 0 Å². The Morgan fingerprint density at radius 2 is 2.15 bits per heavy atom. The second-order valence-electron chi connectivity index (χ2n) is 4.07. The molecule has 0 aromatic carbocycles. The lowest BCUT2D eigenvalue weighted by atomic mass is 10.0. The van der Waals surface area contributed by atoms with E-state index in [1.165, 1.54) is 31.4 Å². The van der Waals surface area contributed by atoms with Crippen molar-refractivity contribution in [2.45, 2.75) is 63.8 Å². The standard InChI is InChI=1S/C11H23NS/c1-4-6-10-11(5-2)13-8-7-9(3)12-10/h9-12H,4-8H2,1-3H3. The normalized spacial score (nSPS) is 35.8. The van der Waals surface area contributed by atoms with Crippen molar-refractivity contribution in [1.82, 2.24) is 5.32 Å². The molecule has 1 N–H and O–H groups in total. The molecular weight excluding hydrogens is 178 g/mol. The Bertz CT molecular complexity index is 138. The molecular formula is C11H23NS. The summed E-state index contributed by atoms with van der Waals surface area (Å²) >= 11 is 2.17. The van der Waals surface area contributed by atoms with Crippen LogP contribution < -0.4 is 5.32 Å². The van der Waals surface area contributed by atoms with Gasteiger partial charge in [0.1, 0.15) is 0 Å². The Hall–Kier alpha value is 0.310. The first-order chi connectivity index (χ1) is 6.27. The number of rotatable bonds is 3. The van der Waals surface area contributed by atoms with Crippen molar-refractivity contribution >= 4 is 11.8 Å². The van der Waals surface area contributed by atoms with E-state index >= 15 is 0 Å². The van der Waals surface area contributed by atoms with E-state index in [2.05, 4.69) is 37.8 Å². The summed E-state index contributed by atoms with van der Waals surface area (Å²) in [6.45, 7) is 6.92. The Kier molecular flexibility index (Phi) is 5.18. The van der Waals surface area contributed by atoms with Crippen LogP contribution in [0, 0.1) is 0 Å². The molecule has 1 heterocycles. The van der Waals surface area contributed by atoms with Crippen molar-refractivity contribution in [3.8, 4) is 0 Å². The second-order valence-corrected chi connectivity index (χ2v) is 5.42. The fourth-order valence-electron chi connectivity index (χ4n) is 2.05. The summed E-state index contributed by atoms with van der Waals surface area (Å²) < 4.78 is 0. The molecule has 3 unspecified atom stereocenters. The second kappa shape index (κ2) is 5.92. The Labute approximate surface area is 87.1 Å². The minimum Gasteiger partial charge on any atom is -0.310 e. The molecule has 0 bridgehead atoms. The molecule has 78 valence electrons. The van der Waals surface area contributed by atoms with E-state index < -0.39 is 0 Å². The molecule has 1 fully saturated rings. The Morgan fingerprint density at radius 3 is 2.77 bits per heavy atom. The van der Waals surface area contributed by atoms with Crippen LogP contribution in [-0.4, -0.2) is 23.1 Å². The van der Waals surface area contributed by atoms with Crippen LogP contribution in [0.1, 0.15) is 46.5 Å². The molecule has 0 aliphatic carbocycles. The predicted molar refractivity (Wildman–Crippen MR) is 62.4 cm³/mol. The van der Waals surface area contributed by atoms with Crippen LogP contribution in [0.4, 0.5) is 0 Å². The lowest BCUT2D eigenvalue weighted by Crippen LogP contribution is -2.40. The van der Waals surface area contributed by atoms with Crippen LogP contribution >= 0.6 is 11.8 Å². The van der Waals surface area contributed by atoms with E-state index in [0.717, 1.165) is 17.3 Å². The SMILES string of the molecule is CCCC1NC(C)CCSC1CC. The highest BCUT2D eigenvalue weighted by atomic mass is 32.2. The van der Waals surface area contributed by atoms with Crippen LogP contribution in [0.25, 0.3) is 0 Å². The molecule has 1 saturated heterocycles. The third-order valence-electron chi connectivity index (χ3n) is 2.83. The van der Waals surface area contributed by atoms with E-state index in [9.17, 15) is 0 Å². The average Bonchev–Trinajstić information content (AvgIpc) is 2.28. The van der Waals surface area contributed by atoms with Crippen LogP contribution in [-0.2, 0) is 0 Å². The number of hydrogen-bond acceptors (Lipinski definition) is 2. The van der Waals surface area contributed by atoms with Crippen LogP contribution in [0.5, 0.6) is 0 Å². The summed E-state index contributed by atoms with van der Waals surface area (Å²) in [5.41, 5.74) is 0. The molecule has 13 heavy (non-hydrogen) atoms. The molecule has 3 atom stereocenters. The molecule has 0 amide bonds. The highest BCUT2D eigenvalue weighted by Gasteiger charge is 2.24. The van der Waals surface area contributed by atoms with Gasteiger partial charge in [-0.1, -0.05) is 20.3 Å². The van der Waals surface area contributed by atoms with Gasteiger partial charge in [-0.25, -0.2) is 0 Å². The molecule has 0 aromatic rings. The van der Waals surface area contributed by atoms with Gasteiger partial charge in [0.25, 0.3) is 0 Å². The van der Waals surface area contributed by atoms with Crippen molar-refractivity contribution in [2.75, 3.05) is 5.75 Å². The molecule has 1 rings (SSSR count). The quantitative estimate of drug-likeness (QED) is 0.753. The van der Waals surface area contributed by atoms with Crippen molar-refractivity contribution in [3.63, 3.8) is 0 Å². The lowest BCUT2D eigenvalue weighted by molar-refractivity contribution is 0.409. The van der Waals surface area contributed by atoms with Gasteiger partial charge >= 0.3 is 0 Å². The molecule has 2 heteroatoms. The first-order valence-electron chi connectivity index (χ1n) is 5.65. The van der Waals surface area contributed by atoms with Crippen molar-refractivity contribution in [3.05, 3.63) is 0 Å². The van der Waals surface area contributed by atoms with Crippen molar-refractivity contribution in [2.24, 2.45) is 0 Å². The molecule has 0 saturated carbocycles. The van der Waals surface area contributed by atoms with Crippen LogP contribution in [0.3, 0.4) is 0 Å². The minimum atomic E-state index is 0.723. The third kappa shape index (κ3) is 3.51. The zero-order chi connectivity index (χ0) is 9.68. The van der Waals surface area contributed by atoms with Gasteiger partial charge in [-0.2, -0.15) is 11.8 Å². The minimum absolute atomic E-state index is 0.723. The van der Waals surface area contributed by atoms with E-state index in [1.807, 2.05) is 0 Å². The van der Waals surface area contributed by atoms with E-state index in [-0.39, 0.29) is 0 Å². The third-order valence-corrected chi connectivity index (χ3v) is 4.39. The maximum Gasteiger partial charge on any atom is 0.0198 e. The summed E-state index contributed by atoms with van der Waals surface area (Å²) in [6, 6.07) is 1.48. The van der Waals surface area contributed by atoms with Gasteiger partial charge in [-0.05, 0) is 31.9 Å². The molecule has 0 spiro atoms. The highest BCUT2D eigenvalue weighted by molar-refractivity contribution is 7.99. The van der Waals surface area contributed by atoms with Gasteiger partial charge in [0.2, 0.25) is 0 Å². The Balaban J connectivity index is 2.49. The predicted octanol–water partition coefficient (Wildman–Crippen LogP) is 3.05. The van der Waals surface area contributed by atoms with Gasteiger partial charge in [0.15, 0.2) is 0 Å². The fraction of sp³-hybridized carbons (Fsp3) is 1.00. The van der Waals surface area contributed by atoms with Gasteiger partial charge in [0.05, 0.1) is 0 Å². The van der Waals surface area contributed by atoms with Crippen molar-refractivity contribution in [1.29, 1.82) is 0 Å². The van der Waals surface area contributed by atoms with Gasteiger partial charge in [-0.3, -0.25) is 0 Å². The summed E-state index contributed by atoms with van der Waals surface area (Å²) in [5, 5.41) is 4.61. The molecule has 0 aromatic heterocycles. The smallest absolute Gasteiger partial charge is 0.0198 e. The van der Waals surface area contributed by atoms with Gasteiger partial charge in [-0.15, -0.1) is 0 Å². The van der Waals surface area contributed by atoms with Crippen LogP contribution in [0.15, 0.2) is 0 Å². The van der Waals surface area contributed by atoms with Crippen molar-refractivity contribution < 1.29 is 0 Å². The molecule has 1 aliphatic heterocycles. The van der Waals surface area contributed by atoms with E-state index in [1.54, 1.807) is 0 Å². The maximum atomic E-state index is 3.76. The first kappa shape index (κ1) is 11.4. The summed E-state index contributed by atoms with van der Waals surface area (Å²) in [5.74, 6) is 1.34. The topological polar surface area (TPSA) is 12.0 Å².